The van der Waals surface area contributed by atoms with E-state index in [2.05, 4.69) is 22.4 Å². The smallest absolute Gasteiger partial charge is 0.243 e. The van der Waals surface area contributed by atoms with Crippen LogP contribution in [0.5, 0.6) is 0 Å². The molecule has 0 aliphatic heterocycles. The topological polar surface area (TPSA) is 42.0 Å². The Morgan fingerprint density at radius 1 is 1.09 bits per heavy atom. The van der Waals surface area contributed by atoms with Crippen molar-refractivity contribution >= 4 is 5.91 Å². The van der Waals surface area contributed by atoms with Crippen molar-refractivity contribution in [3.8, 4) is 0 Å². The van der Waals surface area contributed by atoms with Crippen molar-refractivity contribution < 1.29 is 4.79 Å². The first-order valence-corrected chi connectivity index (χ1v) is 7.63. The van der Waals surface area contributed by atoms with Crippen molar-refractivity contribution in [3.05, 3.63) is 77.6 Å². The number of aryl methyl sites for hydroxylation is 1. The number of benzene rings is 1. The Morgan fingerprint density at radius 2 is 1.86 bits per heavy atom. The SMILES string of the molecule is C/C(=C\C(=O)NCCc1ccccn1)CCc1ccccc1. The minimum Gasteiger partial charge on any atom is -0.352 e. The average Bonchev–Trinajstić information content (AvgIpc) is 2.55. The fourth-order valence-corrected chi connectivity index (χ4v) is 2.19. The quantitative estimate of drug-likeness (QED) is 0.796. The Bertz CT molecular complexity index is 606. The molecule has 2 aromatic rings. The highest BCUT2D eigenvalue weighted by atomic mass is 16.1. The monoisotopic (exact) mass is 294 g/mol. The van der Waals surface area contributed by atoms with E-state index in [1.54, 1.807) is 12.3 Å². The lowest BCUT2D eigenvalue weighted by Gasteiger charge is -2.04. The average molecular weight is 294 g/mol. The molecule has 0 fully saturated rings. The molecule has 1 aromatic carbocycles. The number of allylic oxidation sites excluding steroid dienone is 1. The van der Waals surface area contributed by atoms with Gasteiger partial charge in [0.15, 0.2) is 0 Å². The third-order valence-corrected chi connectivity index (χ3v) is 3.43. The largest absolute Gasteiger partial charge is 0.352 e. The van der Waals surface area contributed by atoms with Gasteiger partial charge in [0.05, 0.1) is 0 Å². The van der Waals surface area contributed by atoms with Crippen molar-refractivity contribution in [2.45, 2.75) is 26.2 Å². The molecule has 0 atom stereocenters. The summed E-state index contributed by atoms with van der Waals surface area (Å²) in [4.78, 5) is 16.1. The van der Waals surface area contributed by atoms with Crippen LogP contribution in [-0.2, 0) is 17.6 Å². The molecular weight excluding hydrogens is 272 g/mol. The molecular formula is C19H22N2O. The first-order chi connectivity index (χ1) is 10.7. The molecule has 0 bridgehead atoms. The lowest BCUT2D eigenvalue weighted by atomic mass is 10.1. The van der Waals surface area contributed by atoms with Crippen LogP contribution in [0.15, 0.2) is 66.4 Å². The number of nitrogens with zero attached hydrogens (tertiary/aromatic N) is 1. The van der Waals surface area contributed by atoms with Gasteiger partial charge in [0, 0.05) is 30.9 Å². The van der Waals surface area contributed by atoms with Crippen LogP contribution in [0.1, 0.15) is 24.6 Å². The number of pyridine rings is 1. The summed E-state index contributed by atoms with van der Waals surface area (Å²) < 4.78 is 0. The zero-order valence-electron chi connectivity index (χ0n) is 13.0. The van der Waals surface area contributed by atoms with Crippen LogP contribution in [-0.4, -0.2) is 17.4 Å². The van der Waals surface area contributed by atoms with Gasteiger partial charge in [-0.3, -0.25) is 9.78 Å². The second-order valence-corrected chi connectivity index (χ2v) is 5.34. The van der Waals surface area contributed by atoms with E-state index in [0.717, 1.165) is 30.5 Å². The fraction of sp³-hybridized carbons (Fsp3) is 0.263. The molecule has 0 aliphatic carbocycles. The summed E-state index contributed by atoms with van der Waals surface area (Å²) >= 11 is 0. The maximum Gasteiger partial charge on any atom is 0.243 e. The highest BCUT2D eigenvalue weighted by molar-refractivity contribution is 5.88. The highest BCUT2D eigenvalue weighted by Gasteiger charge is 2.00. The zero-order valence-corrected chi connectivity index (χ0v) is 13.0. The molecule has 0 radical (unpaired) electrons. The Balaban J connectivity index is 1.70. The number of amides is 1. The summed E-state index contributed by atoms with van der Waals surface area (Å²) in [6.07, 6.45) is 6.08. The van der Waals surface area contributed by atoms with Gasteiger partial charge in [-0.2, -0.15) is 0 Å². The summed E-state index contributed by atoms with van der Waals surface area (Å²) in [7, 11) is 0. The van der Waals surface area contributed by atoms with Crippen LogP contribution in [0, 0.1) is 0 Å². The molecule has 1 heterocycles. The van der Waals surface area contributed by atoms with Gasteiger partial charge in [-0.15, -0.1) is 0 Å². The summed E-state index contributed by atoms with van der Waals surface area (Å²) in [5, 5.41) is 2.90. The number of carbonyl (C=O) groups excluding carboxylic acids is 1. The van der Waals surface area contributed by atoms with Crippen LogP contribution in [0.2, 0.25) is 0 Å². The number of hydrogen-bond acceptors (Lipinski definition) is 2. The Labute approximate surface area is 132 Å². The molecule has 0 unspecified atom stereocenters. The van der Waals surface area contributed by atoms with E-state index in [-0.39, 0.29) is 5.91 Å². The van der Waals surface area contributed by atoms with E-state index in [0.29, 0.717) is 6.54 Å². The first kappa shape index (κ1) is 16.0. The maximum absolute atomic E-state index is 11.8. The van der Waals surface area contributed by atoms with Gasteiger partial charge in [0.2, 0.25) is 5.91 Å². The van der Waals surface area contributed by atoms with Gasteiger partial charge in [-0.05, 0) is 37.5 Å². The molecule has 3 heteroatoms. The number of nitrogens with one attached hydrogen (secondary N) is 1. The minimum absolute atomic E-state index is 0.0264. The van der Waals surface area contributed by atoms with Gasteiger partial charge in [-0.25, -0.2) is 0 Å². The molecule has 2 rings (SSSR count). The maximum atomic E-state index is 11.8. The van der Waals surface area contributed by atoms with E-state index < -0.39 is 0 Å². The van der Waals surface area contributed by atoms with E-state index in [1.165, 1.54) is 5.56 Å². The van der Waals surface area contributed by atoms with Crippen molar-refractivity contribution in [1.82, 2.24) is 10.3 Å². The van der Waals surface area contributed by atoms with Crippen LogP contribution in [0.25, 0.3) is 0 Å². The molecule has 1 aromatic heterocycles. The Morgan fingerprint density at radius 3 is 2.59 bits per heavy atom. The minimum atomic E-state index is -0.0264. The third-order valence-electron chi connectivity index (χ3n) is 3.43. The van der Waals surface area contributed by atoms with Gasteiger partial charge < -0.3 is 5.32 Å². The van der Waals surface area contributed by atoms with Crippen LogP contribution < -0.4 is 5.32 Å². The third kappa shape index (κ3) is 5.92. The fourth-order valence-electron chi connectivity index (χ4n) is 2.19. The summed E-state index contributed by atoms with van der Waals surface area (Å²) in [6, 6.07) is 16.1. The van der Waals surface area contributed by atoms with Gasteiger partial charge in [0.25, 0.3) is 0 Å². The van der Waals surface area contributed by atoms with Crippen LogP contribution >= 0.6 is 0 Å². The molecule has 0 saturated heterocycles. The van der Waals surface area contributed by atoms with E-state index in [9.17, 15) is 4.79 Å². The Kier molecular flexibility index (Phi) is 6.37. The summed E-state index contributed by atoms with van der Waals surface area (Å²) in [6.45, 7) is 2.61. The lowest BCUT2D eigenvalue weighted by Crippen LogP contribution is -2.24. The van der Waals surface area contributed by atoms with Crippen molar-refractivity contribution in [1.29, 1.82) is 0 Å². The van der Waals surface area contributed by atoms with Gasteiger partial charge >= 0.3 is 0 Å². The second-order valence-electron chi connectivity index (χ2n) is 5.34. The Hall–Kier alpha value is -2.42. The van der Waals surface area contributed by atoms with Crippen molar-refractivity contribution in [2.24, 2.45) is 0 Å². The molecule has 22 heavy (non-hydrogen) atoms. The molecule has 1 N–H and O–H groups in total. The lowest BCUT2D eigenvalue weighted by molar-refractivity contribution is -0.116. The molecule has 114 valence electrons. The van der Waals surface area contributed by atoms with Crippen molar-refractivity contribution in [2.75, 3.05) is 6.54 Å². The van der Waals surface area contributed by atoms with E-state index in [1.807, 2.05) is 43.3 Å². The van der Waals surface area contributed by atoms with E-state index >= 15 is 0 Å². The number of aromatic nitrogens is 1. The number of hydrogen-bond donors (Lipinski definition) is 1. The molecule has 0 spiro atoms. The molecule has 1 amide bonds. The second kappa shape index (κ2) is 8.78. The summed E-state index contributed by atoms with van der Waals surface area (Å²) in [5.74, 6) is -0.0264. The first-order valence-electron chi connectivity index (χ1n) is 7.63. The molecule has 3 nitrogen and oxygen atoms in total. The summed E-state index contributed by atoms with van der Waals surface area (Å²) in [5.41, 5.74) is 3.39. The molecule has 0 aliphatic rings. The van der Waals surface area contributed by atoms with Gasteiger partial charge in [-0.1, -0.05) is 42.0 Å². The number of rotatable bonds is 7. The number of carbonyl (C=O) groups is 1. The predicted molar refractivity (Wildman–Crippen MR) is 89.5 cm³/mol. The zero-order chi connectivity index (χ0) is 15.6. The van der Waals surface area contributed by atoms with Crippen molar-refractivity contribution in [3.63, 3.8) is 0 Å². The predicted octanol–water partition coefficient (Wildman–Crippen LogP) is 3.32. The standard InChI is InChI=1S/C19H22N2O/c1-16(10-11-17-7-3-2-4-8-17)15-19(22)21-14-12-18-9-5-6-13-20-18/h2-9,13,15H,10-12,14H2,1H3,(H,21,22)/b16-15+. The van der Waals surface area contributed by atoms with E-state index in [4.69, 9.17) is 0 Å². The molecule has 0 saturated carbocycles. The van der Waals surface area contributed by atoms with Gasteiger partial charge in [0.1, 0.15) is 0 Å². The van der Waals surface area contributed by atoms with Crippen LogP contribution in [0.4, 0.5) is 0 Å². The normalized spacial score (nSPS) is 11.2. The van der Waals surface area contributed by atoms with Crippen LogP contribution in [0.3, 0.4) is 0 Å². The highest BCUT2D eigenvalue weighted by Crippen LogP contribution is 2.08.